The summed E-state index contributed by atoms with van der Waals surface area (Å²) < 4.78 is 10.7. The lowest BCUT2D eigenvalue weighted by molar-refractivity contribution is -0.0807. The number of hydrogen-bond acceptors (Lipinski definition) is 5. The average Bonchev–Trinajstić information content (AvgIpc) is 2.23. The maximum atomic E-state index is 5.73. The zero-order chi connectivity index (χ0) is 11.0. The summed E-state index contributed by atoms with van der Waals surface area (Å²) >= 11 is 0. The van der Waals surface area contributed by atoms with Crippen LogP contribution in [0.25, 0.3) is 10.9 Å². The molecule has 0 amide bonds. The molecular formula is C11H11N3O2. The van der Waals surface area contributed by atoms with Gasteiger partial charge in [0.2, 0.25) is 5.88 Å². The average molecular weight is 217 g/mol. The van der Waals surface area contributed by atoms with E-state index in [2.05, 4.69) is 9.97 Å². The van der Waals surface area contributed by atoms with Crippen molar-refractivity contribution in [2.75, 3.05) is 18.9 Å². The van der Waals surface area contributed by atoms with Gasteiger partial charge in [-0.1, -0.05) is 0 Å². The number of hydrogen-bond donors (Lipinski definition) is 1. The largest absolute Gasteiger partial charge is 0.469 e. The maximum absolute atomic E-state index is 5.73. The topological polar surface area (TPSA) is 70.3 Å². The molecule has 0 aliphatic carbocycles. The Balaban J connectivity index is 2.04. The number of anilines is 1. The quantitative estimate of drug-likeness (QED) is 0.759. The molecule has 2 N–H and O–H groups in total. The van der Waals surface area contributed by atoms with Crippen molar-refractivity contribution >= 4 is 16.6 Å². The van der Waals surface area contributed by atoms with E-state index in [0.29, 0.717) is 24.8 Å². The minimum absolute atomic E-state index is 0.0968. The predicted octanol–water partition coefficient (Wildman–Crippen LogP) is 0.990. The number of fused-ring (bicyclic) bond motifs is 1. The number of ether oxygens (including phenoxy) is 2. The van der Waals surface area contributed by atoms with E-state index < -0.39 is 0 Å². The van der Waals surface area contributed by atoms with Crippen molar-refractivity contribution < 1.29 is 9.47 Å². The van der Waals surface area contributed by atoms with E-state index >= 15 is 0 Å². The smallest absolute Gasteiger partial charge is 0.224 e. The van der Waals surface area contributed by atoms with Gasteiger partial charge in [-0.2, -0.15) is 0 Å². The van der Waals surface area contributed by atoms with Crippen LogP contribution in [0.15, 0.2) is 24.5 Å². The lowest BCUT2D eigenvalue weighted by atomic mass is 10.2. The summed E-state index contributed by atoms with van der Waals surface area (Å²) in [6.07, 6.45) is 1.59. The zero-order valence-corrected chi connectivity index (χ0v) is 8.59. The molecule has 16 heavy (non-hydrogen) atoms. The van der Waals surface area contributed by atoms with E-state index in [1.165, 1.54) is 6.33 Å². The summed E-state index contributed by atoms with van der Waals surface area (Å²) in [6, 6.07) is 5.49. The molecule has 82 valence electrons. The minimum Gasteiger partial charge on any atom is -0.469 e. The zero-order valence-electron chi connectivity index (χ0n) is 8.59. The lowest BCUT2D eigenvalue weighted by Crippen LogP contribution is -2.38. The van der Waals surface area contributed by atoms with E-state index in [9.17, 15) is 0 Å². The number of nitrogen functional groups attached to an aromatic ring is 1. The SMILES string of the molecule is Nc1ccc2ncnc(OC3COC3)c2c1. The second-order valence-electron chi connectivity index (χ2n) is 3.73. The third-order valence-corrected chi connectivity index (χ3v) is 2.51. The molecule has 0 radical (unpaired) electrons. The van der Waals surface area contributed by atoms with E-state index in [-0.39, 0.29) is 6.10 Å². The Labute approximate surface area is 92.2 Å². The molecule has 0 unspecified atom stereocenters. The Hall–Kier alpha value is -1.88. The van der Waals surface area contributed by atoms with Crippen LogP contribution in [0, 0.1) is 0 Å². The highest BCUT2D eigenvalue weighted by Gasteiger charge is 2.21. The summed E-state index contributed by atoms with van der Waals surface area (Å²) in [6.45, 7) is 1.24. The summed E-state index contributed by atoms with van der Waals surface area (Å²) in [5.74, 6) is 0.575. The maximum Gasteiger partial charge on any atom is 0.224 e. The highest BCUT2D eigenvalue weighted by molar-refractivity contribution is 5.86. The van der Waals surface area contributed by atoms with Crippen LogP contribution in [-0.2, 0) is 4.74 Å². The van der Waals surface area contributed by atoms with Crippen molar-refractivity contribution in [2.45, 2.75) is 6.10 Å². The molecule has 1 aromatic carbocycles. The minimum atomic E-state index is 0.0968. The lowest BCUT2D eigenvalue weighted by Gasteiger charge is -2.26. The summed E-state index contributed by atoms with van der Waals surface area (Å²) in [7, 11) is 0. The van der Waals surface area contributed by atoms with Gasteiger partial charge in [-0.05, 0) is 18.2 Å². The highest BCUT2D eigenvalue weighted by atomic mass is 16.6. The fourth-order valence-electron chi connectivity index (χ4n) is 1.58. The first kappa shape index (κ1) is 9.35. The van der Waals surface area contributed by atoms with Gasteiger partial charge in [0, 0.05) is 5.69 Å². The Morgan fingerprint density at radius 1 is 1.31 bits per heavy atom. The van der Waals surface area contributed by atoms with Gasteiger partial charge in [0.05, 0.1) is 24.1 Å². The number of benzene rings is 1. The van der Waals surface area contributed by atoms with Crippen molar-refractivity contribution in [1.29, 1.82) is 0 Å². The molecule has 0 saturated carbocycles. The van der Waals surface area contributed by atoms with Gasteiger partial charge in [-0.15, -0.1) is 0 Å². The molecule has 5 heteroatoms. The summed E-state index contributed by atoms with van der Waals surface area (Å²) in [4.78, 5) is 8.28. The van der Waals surface area contributed by atoms with Gasteiger partial charge in [0.15, 0.2) is 0 Å². The fourth-order valence-corrected chi connectivity index (χ4v) is 1.58. The standard InChI is InChI=1S/C11H11N3O2/c12-7-1-2-10-9(3-7)11(14-6-13-10)16-8-4-15-5-8/h1-3,6,8H,4-5,12H2. The van der Waals surface area contributed by atoms with Gasteiger partial charge < -0.3 is 15.2 Å². The van der Waals surface area contributed by atoms with E-state index in [0.717, 1.165) is 10.9 Å². The van der Waals surface area contributed by atoms with E-state index in [1.54, 1.807) is 0 Å². The molecule has 0 bridgehead atoms. The monoisotopic (exact) mass is 217 g/mol. The Bertz CT molecular complexity index is 526. The number of aromatic nitrogens is 2. The van der Waals surface area contributed by atoms with Crippen LogP contribution in [0.2, 0.25) is 0 Å². The molecule has 1 saturated heterocycles. The molecule has 1 fully saturated rings. The normalized spacial score (nSPS) is 16.0. The Morgan fingerprint density at radius 2 is 2.19 bits per heavy atom. The van der Waals surface area contributed by atoms with Crippen LogP contribution in [0.4, 0.5) is 5.69 Å². The van der Waals surface area contributed by atoms with Gasteiger partial charge in [0.1, 0.15) is 12.4 Å². The number of nitrogens with two attached hydrogens (primary N) is 1. The second kappa shape index (κ2) is 3.61. The van der Waals surface area contributed by atoms with Crippen LogP contribution >= 0.6 is 0 Å². The van der Waals surface area contributed by atoms with Crippen LogP contribution < -0.4 is 10.5 Å². The van der Waals surface area contributed by atoms with Crippen LogP contribution in [0.5, 0.6) is 5.88 Å². The molecular weight excluding hydrogens is 206 g/mol. The van der Waals surface area contributed by atoms with Crippen LogP contribution in [0.1, 0.15) is 0 Å². The highest BCUT2D eigenvalue weighted by Crippen LogP contribution is 2.25. The Kier molecular flexibility index (Phi) is 2.11. The molecule has 1 aromatic heterocycles. The third-order valence-electron chi connectivity index (χ3n) is 2.51. The van der Waals surface area contributed by atoms with Crippen molar-refractivity contribution in [2.24, 2.45) is 0 Å². The number of rotatable bonds is 2. The number of nitrogens with zero attached hydrogens (tertiary/aromatic N) is 2. The van der Waals surface area contributed by atoms with Gasteiger partial charge in [0.25, 0.3) is 0 Å². The molecule has 3 rings (SSSR count). The first-order chi connectivity index (χ1) is 7.83. The summed E-state index contributed by atoms with van der Waals surface area (Å²) in [5, 5.41) is 0.842. The van der Waals surface area contributed by atoms with E-state index in [1.807, 2.05) is 18.2 Å². The Morgan fingerprint density at radius 3 is 2.94 bits per heavy atom. The van der Waals surface area contributed by atoms with E-state index in [4.69, 9.17) is 15.2 Å². The second-order valence-corrected chi connectivity index (χ2v) is 3.73. The fraction of sp³-hybridized carbons (Fsp3) is 0.273. The van der Waals surface area contributed by atoms with Crippen LogP contribution in [-0.4, -0.2) is 29.3 Å². The first-order valence-corrected chi connectivity index (χ1v) is 5.07. The third kappa shape index (κ3) is 1.55. The predicted molar refractivity (Wildman–Crippen MR) is 59.2 cm³/mol. The molecule has 2 aromatic rings. The van der Waals surface area contributed by atoms with Crippen molar-refractivity contribution in [3.63, 3.8) is 0 Å². The molecule has 1 aliphatic rings. The first-order valence-electron chi connectivity index (χ1n) is 5.07. The van der Waals surface area contributed by atoms with Crippen molar-refractivity contribution in [1.82, 2.24) is 9.97 Å². The van der Waals surface area contributed by atoms with Crippen molar-refractivity contribution in [3.05, 3.63) is 24.5 Å². The van der Waals surface area contributed by atoms with Gasteiger partial charge >= 0.3 is 0 Å². The van der Waals surface area contributed by atoms with Gasteiger partial charge in [-0.25, -0.2) is 9.97 Å². The molecule has 5 nitrogen and oxygen atoms in total. The van der Waals surface area contributed by atoms with Crippen molar-refractivity contribution in [3.8, 4) is 5.88 Å². The van der Waals surface area contributed by atoms with Gasteiger partial charge in [-0.3, -0.25) is 0 Å². The van der Waals surface area contributed by atoms with Crippen LogP contribution in [0.3, 0.4) is 0 Å². The molecule has 2 heterocycles. The molecule has 0 spiro atoms. The molecule has 0 atom stereocenters. The summed E-state index contributed by atoms with van der Waals surface area (Å²) in [5.41, 5.74) is 7.24. The molecule has 1 aliphatic heterocycles.